The number of benzene rings is 1. The number of nitrogens with zero attached hydrogens (tertiary/aromatic N) is 1. The van der Waals surface area contributed by atoms with Crippen LogP contribution in [0.15, 0.2) is 35.7 Å². The van der Waals surface area contributed by atoms with E-state index in [2.05, 4.69) is 5.32 Å². The number of nitrogens with one attached hydrogen (secondary N) is 1. The van der Waals surface area contributed by atoms with Crippen LogP contribution in [0.5, 0.6) is 0 Å². The number of para-hydroxylation sites is 1. The molecule has 4 nitrogen and oxygen atoms in total. The first kappa shape index (κ1) is 18.0. The molecular weight excluding hydrogens is 346 g/mol. The molecular formula is C18H20F2N2O2S. The summed E-state index contributed by atoms with van der Waals surface area (Å²) in [6, 6.07) is 7.46. The van der Waals surface area contributed by atoms with Gasteiger partial charge < -0.3 is 10.1 Å². The molecule has 1 N–H and O–H groups in total. The Hall–Kier alpha value is -1.83. The van der Waals surface area contributed by atoms with Crippen LogP contribution in [-0.4, -0.2) is 36.6 Å². The highest BCUT2D eigenvalue weighted by Crippen LogP contribution is 2.19. The number of hydrogen-bond acceptors (Lipinski definition) is 4. The molecule has 0 saturated carbocycles. The fourth-order valence-electron chi connectivity index (χ4n) is 2.88. The molecule has 0 bridgehead atoms. The Morgan fingerprint density at radius 2 is 2.08 bits per heavy atom. The van der Waals surface area contributed by atoms with Crippen molar-refractivity contribution in [2.75, 3.05) is 25.0 Å². The summed E-state index contributed by atoms with van der Waals surface area (Å²) < 4.78 is 33.0. The van der Waals surface area contributed by atoms with Crippen LogP contribution in [0.25, 0.3) is 0 Å². The van der Waals surface area contributed by atoms with Crippen molar-refractivity contribution in [1.29, 1.82) is 0 Å². The second-order valence-electron chi connectivity index (χ2n) is 6.03. The first-order valence-electron chi connectivity index (χ1n) is 8.22. The molecule has 1 aromatic carbocycles. The third kappa shape index (κ3) is 5.07. The van der Waals surface area contributed by atoms with Gasteiger partial charge in [0.25, 0.3) is 0 Å². The Morgan fingerprint density at radius 1 is 1.28 bits per heavy atom. The summed E-state index contributed by atoms with van der Waals surface area (Å²) in [5.41, 5.74) is -0.402. The lowest BCUT2D eigenvalue weighted by molar-refractivity contribution is -0.117. The van der Waals surface area contributed by atoms with Crippen molar-refractivity contribution in [2.45, 2.75) is 25.5 Å². The normalized spacial score (nSPS) is 17.2. The summed E-state index contributed by atoms with van der Waals surface area (Å²) in [4.78, 5) is 15.4. The second-order valence-corrected chi connectivity index (χ2v) is 7.06. The Bertz CT molecular complexity index is 683. The Morgan fingerprint density at radius 3 is 2.72 bits per heavy atom. The number of hydrogen-bond donors (Lipinski definition) is 1. The Balaban J connectivity index is 1.64. The van der Waals surface area contributed by atoms with Gasteiger partial charge in [-0.3, -0.25) is 9.69 Å². The SMILES string of the molecule is O=C(CN(Cc1cccs1)C[C@H]1CCCO1)Nc1c(F)cccc1F. The van der Waals surface area contributed by atoms with Gasteiger partial charge in [0.1, 0.15) is 17.3 Å². The van der Waals surface area contributed by atoms with E-state index < -0.39 is 23.2 Å². The van der Waals surface area contributed by atoms with Crippen molar-refractivity contribution in [3.8, 4) is 0 Å². The number of anilines is 1. The van der Waals surface area contributed by atoms with Crippen LogP contribution in [0.3, 0.4) is 0 Å². The average molecular weight is 366 g/mol. The zero-order chi connectivity index (χ0) is 17.6. The third-order valence-electron chi connectivity index (χ3n) is 4.04. The molecule has 134 valence electrons. The zero-order valence-corrected chi connectivity index (χ0v) is 14.5. The summed E-state index contributed by atoms with van der Waals surface area (Å²) in [6.07, 6.45) is 2.08. The molecule has 25 heavy (non-hydrogen) atoms. The highest BCUT2D eigenvalue weighted by molar-refractivity contribution is 7.09. The first-order valence-corrected chi connectivity index (χ1v) is 9.10. The number of amides is 1. The fourth-order valence-corrected chi connectivity index (χ4v) is 3.63. The number of carbonyl (C=O) groups excluding carboxylic acids is 1. The predicted octanol–water partition coefficient (Wildman–Crippen LogP) is 3.65. The van der Waals surface area contributed by atoms with Gasteiger partial charge in [-0.1, -0.05) is 12.1 Å². The van der Waals surface area contributed by atoms with Crippen LogP contribution >= 0.6 is 11.3 Å². The molecule has 0 radical (unpaired) electrons. The Kier molecular flexibility index (Phi) is 6.12. The van der Waals surface area contributed by atoms with E-state index in [1.165, 1.54) is 6.07 Å². The highest BCUT2D eigenvalue weighted by Gasteiger charge is 2.22. The standard InChI is InChI=1S/C18H20F2N2O2S/c19-15-6-1-7-16(20)18(15)21-17(23)12-22(10-13-4-2-8-24-13)11-14-5-3-9-25-14/h1,3,5-7,9,13H,2,4,8,10-12H2,(H,21,23)/t13-/m1/s1. The molecule has 1 atom stereocenters. The van der Waals surface area contributed by atoms with Gasteiger partial charge >= 0.3 is 0 Å². The third-order valence-corrected chi connectivity index (χ3v) is 4.90. The molecule has 1 fully saturated rings. The number of rotatable bonds is 7. The summed E-state index contributed by atoms with van der Waals surface area (Å²) >= 11 is 1.61. The minimum atomic E-state index is -0.780. The van der Waals surface area contributed by atoms with E-state index in [-0.39, 0.29) is 12.6 Å². The van der Waals surface area contributed by atoms with E-state index in [1.54, 1.807) is 11.3 Å². The van der Waals surface area contributed by atoms with Gasteiger partial charge in [-0.15, -0.1) is 11.3 Å². The lowest BCUT2D eigenvalue weighted by atomic mass is 10.2. The Labute approximate surface area is 149 Å². The van der Waals surface area contributed by atoms with Crippen LogP contribution in [0.2, 0.25) is 0 Å². The van der Waals surface area contributed by atoms with Gasteiger partial charge in [0.15, 0.2) is 0 Å². The van der Waals surface area contributed by atoms with Crippen molar-refractivity contribution in [2.24, 2.45) is 0 Å². The van der Waals surface area contributed by atoms with Gasteiger partial charge in [-0.2, -0.15) is 0 Å². The largest absolute Gasteiger partial charge is 0.377 e. The number of thiophene rings is 1. The van der Waals surface area contributed by atoms with Gasteiger partial charge in [-0.25, -0.2) is 8.78 Å². The maximum Gasteiger partial charge on any atom is 0.238 e. The van der Waals surface area contributed by atoms with Gasteiger partial charge in [0, 0.05) is 24.6 Å². The van der Waals surface area contributed by atoms with Gasteiger partial charge in [-0.05, 0) is 36.4 Å². The van der Waals surface area contributed by atoms with Gasteiger partial charge in [0.05, 0.1) is 12.6 Å². The maximum atomic E-state index is 13.7. The molecule has 1 amide bonds. The van der Waals surface area contributed by atoms with E-state index in [4.69, 9.17) is 4.74 Å². The molecule has 1 aromatic heterocycles. The maximum absolute atomic E-state index is 13.7. The van der Waals surface area contributed by atoms with Crippen molar-refractivity contribution in [3.63, 3.8) is 0 Å². The highest BCUT2D eigenvalue weighted by atomic mass is 32.1. The van der Waals surface area contributed by atoms with Crippen LogP contribution in [0.1, 0.15) is 17.7 Å². The zero-order valence-electron chi connectivity index (χ0n) is 13.7. The number of ether oxygens (including phenoxy) is 1. The quantitative estimate of drug-likeness (QED) is 0.813. The first-order chi connectivity index (χ1) is 12.1. The van der Waals surface area contributed by atoms with E-state index in [0.717, 1.165) is 36.5 Å². The van der Waals surface area contributed by atoms with Crippen molar-refractivity contribution in [1.82, 2.24) is 4.90 Å². The molecule has 1 saturated heterocycles. The molecule has 1 aliphatic rings. The van der Waals surface area contributed by atoms with E-state index in [9.17, 15) is 13.6 Å². The smallest absolute Gasteiger partial charge is 0.238 e. The predicted molar refractivity (Wildman–Crippen MR) is 93.6 cm³/mol. The molecule has 1 aliphatic heterocycles. The number of carbonyl (C=O) groups is 1. The summed E-state index contributed by atoms with van der Waals surface area (Å²) in [6.45, 7) is 2.01. The fraction of sp³-hybridized carbons (Fsp3) is 0.389. The molecule has 2 aromatic rings. The molecule has 0 spiro atoms. The molecule has 2 heterocycles. The van der Waals surface area contributed by atoms with Crippen LogP contribution in [-0.2, 0) is 16.1 Å². The minimum Gasteiger partial charge on any atom is -0.377 e. The summed E-state index contributed by atoms with van der Waals surface area (Å²) in [5.74, 6) is -2.01. The summed E-state index contributed by atoms with van der Waals surface area (Å²) in [5, 5.41) is 4.33. The van der Waals surface area contributed by atoms with Crippen molar-refractivity contribution in [3.05, 3.63) is 52.2 Å². The van der Waals surface area contributed by atoms with E-state index in [0.29, 0.717) is 13.1 Å². The van der Waals surface area contributed by atoms with E-state index in [1.807, 2.05) is 22.4 Å². The van der Waals surface area contributed by atoms with Crippen LogP contribution in [0, 0.1) is 11.6 Å². The second kappa shape index (κ2) is 8.51. The van der Waals surface area contributed by atoms with Crippen molar-refractivity contribution < 1.29 is 18.3 Å². The lowest BCUT2D eigenvalue weighted by Gasteiger charge is -2.24. The molecule has 3 rings (SSSR count). The van der Waals surface area contributed by atoms with E-state index >= 15 is 0 Å². The van der Waals surface area contributed by atoms with Crippen LogP contribution < -0.4 is 5.32 Å². The molecule has 7 heteroatoms. The number of halogens is 2. The topological polar surface area (TPSA) is 41.6 Å². The molecule has 0 aliphatic carbocycles. The summed E-state index contributed by atoms with van der Waals surface area (Å²) in [7, 11) is 0. The minimum absolute atomic E-state index is 0.0472. The molecule has 0 unspecified atom stereocenters. The van der Waals surface area contributed by atoms with Crippen molar-refractivity contribution >= 4 is 22.9 Å². The lowest BCUT2D eigenvalue weighted by Crippen LogP contribution is -2.38. The monoisotopic (exact) mass is 366 g/mol. The van der Waals surface area contributed by atoms with Crippen LogP contribution in [0.4, 0.5) is 14.5 Å². The van der Waals surface area contributed by atoms with Gasteiger partial charge in [0.2, 0.25) is 5.91 Å². The average Bonchev–Trinajstić information content (AvgIpc) is 3.25.